The smallest absolute Gasteiger partial charge is 0.183 e. The number of fused-ring (bicyclic) bond motifs is 1. The maximum Gasteiger partial charge on any atom is 0.183 e. The number of nitrogens with zero attached hydrogens (tertiary/aromatic N) is 5. The molecule has 14 heavy (non-hydrogen) atoms. The lowest BCUT2D eigenvalue weighted by Gasteiger charge is -2.03. The van der Waals surface area contributed by atoms with E-state index in [0.29, 0.717) is 22.2 Å². The van der Waals surface area contributed by atoms with Gasteiger partial charge in [0.05, 0.1) is 0 Å². The Morgan fingerprint density at radius 2 is 2.21 bits per heavy atom. The van der Waals surface area contributed by atoms with Crippen LogP contribution in [0, 0.1) is 5.92 Å². The van der Waals surface area contributed by atoms with Crippen molar-refractivity contribution in [3.05, 3.63) is 11.5 Å². The summed E-state index contributed by atoms with van der Waals surface area (Å²) in [5, 5.41) is 8.26. The van der Waals surface area contributed by atoms with Crippen LogP contribution in [-0.4, -0.2) is 25.0 Å². The molecule has 6 heteroatoms. The molecule has 0 saturated heterocycles. The van der Waals surface area contributed by atoms with Gasteiger partial charge >= 0.3 is 0 Å². The van der Waals surface area contributed by atoms with Gasteiger partial charge in [0.1, 0.15) is 6.33 Å². The summed E-state index contributed by atoms with van der Waals surface area (Å²) >= 11 is 5.84. The summed E-state index contributed by atoms with van der Waals surface area (Å²) in [5.41, 5.74) is 1.26. The van der Waals surface area contributed by atoms with Gasteiger partial charge in [-0.2, -0.15) is 0 Å². The Hall–Kier alpha value is -1.23. The third kappa shape index (κ3) is 1.55. The van der Waals surface area contributed by atoms with E-state index in [1.807, 2.05) is 0 Å². The van der Waals surface area contributed by atoms with Gasteiger partial charge < -0.3 is 0 Å². The molecule has 2 heterocycles. The normalized spacial score (nSPS) is 11.4. The van der Waals surface area contributed by atoms with E-state index in [2.05, 4.69) is 34.1 Å². The van der Waals surface area contributed by atoms with Gasteiger partial charge in [0.15, 0.2) is 16.3 Å². The maximum absolute atomic E-state index is 5.84. The zero-order valence-electron chi connectivity index (χ0n) is 7.98. The highest BCUT2D eigenvalue weighted by molar-refractivity contribution is 6.33. The highest BCUT2D eigenvalue weighted by Gasteiger charge is 2.10. The van der Waals surface area contributed by atoms with E-state index in [-0.39, 0.29) is 0 Å². The average molecular weight is 212 g/mol. The fourth-order valence-electron chi connectivity index (χ4n) is 1.23. The maximum atomic E-state index is 5.84. The summed E-state index contributed by atoms with van der Waals surface area (Å²) in [6.45, 7) is 5.00. The molecule has 5 nitrogen and oxygen atoms in total. The molecular formula is C8H10ClN5. The van der Waals surface area contributed by atoms with Gasteiger partial charge in [-0.1, -0.05) is 30.7 Å². The third-order valence-corrected chi connectivity index (χ3v) is 2.07. The molecule has 0 radical (unpaired) electrons. The second kappa shape index (κ2) is 3.49. The fourth-order valence-corrected chi connectivity index (χ4v) is 1.40. The van der Waals surface area contributed by atoms with Crippen LogP contribution in [0.4, 0.5) is 0 Å². The van der Waals surface area contributed by atoms with E-state index < -0.39 is 0 Å². The van der Waals surface area contributed by atoms with Crippen molar-refractivity contribution >= 4 is 22.8 Å². The van der Waals surface area contributed by atoms with Crippen LogP contribution in [0.5, 0.6) is 0 Å². The molecule has 0 aliphatic carbocycles. The zero-order chi connectivity index (χ0) is 10.1. The Labute approximate surface area is 86.1 Å². The number of aromatic nitrogens is 5. The van der Waals surface area contributed by atoms with Crippen LogP contribution in [0.1, 0.15) is 13.8 Å². The first-order valence-corrected chi connectivity index (χ1v) is 4.76. The molecule has 0 fully saturated rings. The molecular weight excluding hydrogens is 202 g/mol. The second-order valence-electron chi connectivity index (χ2n) is 3.50. The van der Waals surface area contributed by atoms with E-state index in [9.17, 15) is 0 Å². The lowest BCUT2D eigenvalue weighted by atomic mass is 10.2. The molecule has 0 aromatic carbocycles. The largest absolute Gasteiger partial charge is 0.227 e. The summed E-state index contributed by atoms with van der Waals surface area (Å²) in [6.07, 6.45) is 1.42. The quantitative estimate of drug-likeness (QED) is 0.707. The molecule has 0 spiro atoms. The molecule has 2 aromatic heterocycles. The van der Waals surface area contributed by atoms with E-state index in [4.69, 9.17) is 11.6 Å². The lowest BCUT2D eigenvalue weighted by molar-refractivity contribution is 0.480. The third-order valence-electron chi connectivity index (χ3n) is 1.79. The van der Waals surface area contributed by atoms with Crippen molar-refractivity contribution in [1.82, 2.24) is 25.0 Å². The first-order chi connectivity index (χ1) is 6.68. The van der Waals surface area contributed by atoms with Crippen molar-refractivity contribution in [2.24, 2.45) is 5.92 Å². The summed E-state index contributed by atoms with van der Waals surface area (Å²) in [5.74, 6) is 0.494. The molecule has 0 atom stereocenters. The van der Waals surface area contributed by atoms with Gasteiger partial charge in [-0.3, -0.25) is 0 Å². The molecule has 0 unspecified atom stereocenters. The van der Waals surface area contributed by atoms with Crippen molar-refractivity contribution in [3.63, 3.8) is 0 Å². The van der Waals surface area contributed by atoms with Crippen LogP contribution >= 0.6 is 11.6 Å². The Kier molecular flexibility index (Phi) is 2.33. The van der Waals surface area contributed by atoms with Crippen LogP contribution in [0.3, 0.4) is 0 Å². The fraction of sp³-hybridized carbons (Fsp3) is 0.500. The second-order valence-corrected chi connectivity index (χ2v) is 3.86. The Morgan fingerprint density at radius 3 is 2.93 bits per heavy atom. The molecule has 2 aromatic rings. The SMILES string of the molecule is CC(C)Cn1nnc2c(Cl)ncnc21. The first-order valence-electron chi connectivity index (χ1n) is 4.38. The Balaban J connectivity index is 2.52. The van der Waals surface area contributed by atoms with Gasteiger partial charge in [-0.05, 0) is 5.92 Å². The highest BCUT2D eigenvalue weighted by atomic mass is 35.5. The predicted octanol–water partition coefficient (Wildman–Crippen LogP) is 1.53. The van der Waals surface area contributed by atoms with Crippen molar-refractivity contribution in [1.29, 1.82) is 0 Å². The number of hydrogen-bond donors (Lipinski definition) is 0. The van der Waals surface area contributed by atoms with Crippen LogP contribution < -0.4 is 0 Å². The molecule has 0 aliphatic rings. The average Bonchev–Trinajstić information content (AvgIpc) is 2.49. The van der Waals surface area contributed by atoms with Gasteiger partial charge in [-0.15, -0.1) is 5.10 Å². The standard InChI is InChI=1S/C8H10ClN5/c1-5(2)3-14-8-6(12-13-14)7(9)10-4-11-8/h4-5H,3H2,1-2H3. The van der Waals surface area contributed by atoms with Gasteiger partial charge in [-0.25, -0.2) is 14.6 Å². The summed E-state index contributed by atoms with van der Waals surface area (Å²) in [7, 11) is 0. The monoisotopic (exact) mass is 211 g/mol. The predicted molar refractivity (Wildman–Crippen MR) is 53.0 cm³/mol. The van der Waals surface area contributed by atoms with E-state index in [1.165, 1.54) is 6.33 Å². The molecule has 0 saturated carbocycles. The Morgan fingerprint density at radius 1 is 1.43 bits per heavy atom. The molecule has 74 valence electrons. The van der Waals surface area contributed by atoms with Gasteiger partial charge in [0.2, 0.25) is 0 Å². The van der Waals surface area contributed by atoms with Crippen LogP contribution in [0.25, 0.3) is 11.2 Å². The Bertz CT molecular complexity index is 450. The van der Waals surface area contributed by atoms with E-state index in [1.54, 1.807) is 4.68 Å². The van der Waals surface area contributed by atoms with Crippen molar-refractivity contribution < 1.29 is 0 Å². The van der Waals surface area contributed by atoms with Crippen molar-refractivity contribution in [2.45, 2.75) is 20.4 Å². The minimum atomic E-state index is 0.352. The first kappa shape index (κ1) is 9.33. The topological polar surface area (TPSA) is 56.5 Å². The van der Waals surface area contributed by atoms with Gasteiger partial charge in [0.25, 0.3) is 0 Å². The minimum Gasteiger partial charge on any atom is -0.227 e. The summed E-state index contributed by atoms with van der Waals surface area (Å²) < 4.78 is 1.74. The molecule has 0 aliphatic heterocycles. The summed E-state index contributed by atoms with van der Waals surface area (Å²) in [6, 6.07) is 0. The summed E-state index contributed by atoms with van der Waals surface area (Å²) in [4.78, 5) is 7.94. The van der Waals surface area contributed by atoms with Crippen LogP contribution in [-0.2, 0) is 6.54 Å². The number of hydrogen-bond acceptors (Lipinski definition) is 4. The molecule has 0 amide bonds. The van der Waals surface area contributed by atoms with Crippen molar-refractivity contribution in [3.8, 4) is 0 Å². The highest BCUT2D eigenvalue weighted by Crippen LogP contribution is 2.16. The molecule has 0 bridgehead atoms. The van der Waals surface area contributed by atoms with Gasteiger partial charge in [0, 0.05) is 6.54 Å². The zero-order valence-corrected chi connectivity index (χ0v) is 8.73. The van der Waals surface area contributed by atoms with Crippen LogP contribution in [0.15, 0.2) is 6.33 Å². The van der Waals surface area contributed by atoms with E-state index >= 15 is 0 Å². The molecule has 2 rings (SSSR count). The van der Waals surface area contributed by atoms with E-state index in [0.717, 1.165) is 6.54 Å². The van der Waals surface area contributed by atoms with Crippen molar-refractivity contribution in [2.75, 3.05) is 0 Å². The van der Waals surface area contributed by atoms with Crippen LogP contribution in [0.2, 0.25) is 5.15 Å². The number of rotatable bonds is 2. The lowest BCUT2D eigenvalue weighted by Crippen LogP contribution is -2.06. The minimum absolute atomic E-state index is 0.352. The molecule has 0 N–H and O–H groups in total. The number of halogens is 1.